The maximum absolute atomic E-state index is 12.2. The summed E-state index contributed by atoms with van der Waals surface area (Å²) in [6.07, 6.45) is 4.90. The van der Waals surface area contributed by atoms with Crippen LogP contribution in [0.25, 0.3) is 0 Å². The van der Waals surface area contributed by atoms with E-state index in [1.165, 1.54) is 17.8 Å². The molecule has 0 radical (unpaired) electrons. The zero-order chi connectivity index (χ0) is 16.8. The van der Waals surface area contributed by atoms with Gasteiger partial charge in [0.25, 0.3) is 5.91 Å². The second-order valence-corrected chi connectivity index (χ2v) is 5.43. The molecule has 0 aliphatic heterocycles. The van der Waals surface area contributed by atoms with E-state index in [-0.39, 0.29) is 11.5 Å². The van der Waals surface area contributed by atoms with Gasteiger partial charge in [0.15, 0.2) is 0 Å². The van der Waals surface area contributed by atoms with Crippen molar-refractivity contribution in [2.24, 2.45) is 0 Å². The summed E-state index contributed by atoms with van der Waals surface area (Å²) < 4.78 is 0. The third kappa shape index (κ3) is 4.16. The summed E-state index contributed by atoms with van der Waals surface area (Å²) in [7, 11) is 0. The smallest absolute Gasteiger partial charge is 0.257 e. The Morgan fingerprint density at radius 2 is 1.79 bits per heavy atom. The standard InChI is InChI=1S/C19H17N3O2/c23-18-13-16(9-11-21-18)19(24)22-17-12-15(8-10-20-17)7-6-14-4-2-1-3-5-14/h1-5,8-13H,6-7H2,(H,21,23)(H,20,22,24). The molecule has 0 unspecified atom stereocenters. The number of hydrogen-bond acceptors (Lipinski definition) is 3. The second kappa shape index (κ2) is 7.37. The Kier molecular flexibility index (Phi) is 4.81. The van der Waals surface area contributed by atoms with Crippen LogP contribution in [0, 0.1) is 0 Å². The monoisotopic (exact) mass is 319 g/mol. The number of nitrogens with zero attached hydrogens (tertiary/aromatic N) is 1. The van der Waals surface area contributed by atoms with Gasteiger partial charge in [-0.15, -0.1) is 0 Å². The highest BCUT2D eigenvalue weighted by Crippen LogP contribution is 2.11. The number of pyridine rings is 2. The Morgan fingerprint density at radius 1 is 1.00 bits per heavy atom. The van der Waals surface area contributed by atoms with Crippen molar-refractivity contribution in [2.45, 2.75) is 12.8 Å². The molecule has 1 amide bonds. The third-order valence-electron chi connectivity index (χ3n) is 3.65. The maximum atomic E-state index is 12.2. The summed E-state index contributed by atoms with van der Waals surface area (Å²) in [5.41, 5.74) is 2.35. The minimum absolute atomic E-state index is 0.301. The summed E-state index contributed by atoms with van der Waals surface area (Å²) >= 11 is 0. The molecule has 0 aliphatic rings. The highest BCUT2D eigenvalue weighted by atomic mass is 16.2. The predicted octanol–water partition coefficient (Wildman–Crippen LogP) is 2.81. The number of H-pyrrole nitrogens is 1. The van der Waals surface area contributed by atoms with Crippen LogP contribution in [0.4, 0.5) is 5.82 Å². The van der Waals surface area contributed by atoms with E-state index in [1.807, 2.05) is 30.3 Å². The van der Waals surface area contributed by atoms with Crippen LogP contribution in [0.1, 0.15) is 21.5 Å². The molecule has 120 valence electrons. The fourth-order valence-electron chi connectivity index (χ4n) is 2.41. The number of amides is 1. The average Bonchev–Trinajstić information content (AvgIpc) is 2.61. The molecule has 24 heavy (non-hydrogen) atoms. The van der Waals surface area contributed by atoms with Crippen LogP contribution in [0.3, 0.4) is 0 Å². The molecule has 0 atom stereocenters. The number of hydrogen-bond donors (Lipinski definition) is 2. The van der Waals surface area contributed by atoms with Gasteiger partial charge in [0.05, 0.1) is 0 Å². The largest absolute Gasteiger partial charge is 0.329 e. The van der Waals surface area contributed by atoms with Gasteiger partial charge in [0, 0.05) is 24.0 Å². The molecule has 0 saturated carbocycles. The fourth-order valence-corrected chi connectivity index (χ4v) is 2.41. The lowest BCUT2D eigenvalue weighted by Gasteiger charge is -2.07. The fraction of sp³-hybridized carbons (Fsp3) is 0.105. The van der Waals surface area contributed by atoms with Crippen molar-refractivity contribution in [1.29, 1.82) is 0 Å². The van der Waals surface area contributed by atoms with Crippen molar-refractivity contribution < 1.29 is 4.79 Å². The van der Waals surface area contributed by atoms with Gasteiger partial charge in [0.2, 0.25) is 5.56 Å². The first-order chi connectivity index (χ1) is 11.7. The number of aromatic amines is 1. The normalized spacial score (nSPS) is 10.3. The molecular formula is C19H17N3O2. The van der Waals surface area contributed by atoms with Gasteiger partial charge in [-0.3, -0.25) is 9.59 Å². The van der Waals surface area contributed by atoms with Gasteiger partial charge in [-0.1, -0.05) is 30.3 Å². The number of nitrogens with one attached hydrogen (secondary N) is 2. The van der Waals surface area contributed by atoms with Gasteiger partial charge < -0.3 is 10.3 Å². The van der Waals surface area contributed by atoms with E-state index >= 15 is 0 Å². The Labute approximate surface area is 139 Å². The van der Waals surface area contributed by atoms with Gasteiger partial charge >= 0.3 is 0 Å². The van der Waals surface area contributed by atoms with E-state index in [0.29, 0.717) is 11.4 Å². The van der Waals surface area contributed by atoms with Crippen LogP contribution in [0.15, 0.2) is 71.8 Å². The van der Waals surface area contributed by atoms with Crippen LogP contribution in [0.2, 0.25) is 0 Å². The molecular weight excluding hydrogens is 302 g/mol. The van der Waals surface area contributed by atoms with E-state index in [1.54, 1.807) is 12.3 Å². The zero-order valence-corrected chi connectivity index (χ0v) is 13.0. The van der Waals surface area contributed by atoms with E-state index in [4.69, 9.17) is 0 Å². The van der Waals surface area contributed by atoms with Crippen LogP contribution >= 0.6 is 0 Å². The van der Waals surface area contributed by atoms with Gasteiger partial charge in [-0.05, 0) is 42.2 Å². The Hall–Kier alpha value is -3.21. The summed E-state index contributed by atoms with van der Waals surface area (Å²) in [6, 6.07) is 16.8. The first-order valence-corrected chi connectivity index (χ1v) is 7.70. The first kappa shape index (κ1) is 15.7. The predicted molar refractivity (Wildman–Crippen MR) is 93.1 cm³/mol. The third-order valence-corrected chi connectivity index (χ3v) is 3.65. The number of carbonyl (C=O) groups excluding carboxylic acids is 1. The number of anilines is 1. The Bertz CT molecular complexity index is 888. The summed E-state index contributed by atoms with van der Waals surface area (Å²) in [4.78, 5) is 30.1. The summed E-state index contributed by atoms with van der Waals surface area (Å²) in [6.45, 7) is 0. The number of benzene rings is 1. The molecule has 0 fully saturated rings. The molecule has 0 spiro atoms. The van der Waals surface area contributed by atoms with Crippen LogP contribution < -0.4 is 10.9 Å². The lowest BCUT2D eigenvalue weighted by atomic mass is 10.1. The molecule has 3 rings (SSSR count). The van der Waals surface area contributed by atoms with E-state index in [2.05, 4.69) is 27.4 Å². The summed E-state index contributed by atoms with van der Waals surface area (Å²) in [5, 5.41) is 2.72. The molecule has 3 aromatic rings. The van der Waals surface area contributed by atoms with Crippen LogP contribution in [-0.2, 0) is 12.8 Å². The number of rotatable bonds is 5. The molecule has 2 N–H and O–H groups in total. The molecule has 5 nitrogen and oxygen atoms in total. The van der Waals surface area contributed by atoms with Crippen LogP contribution in [-0.4, -0.2) is 15.9 Å². The average molecular weight is 319 g/mol. The van der Waals surface area contributed by atoms with Crippen molar-refractivity contribution in [2.75, 3.05) is 5.32 Å². The number of aryl methyl sites for hydroxylation is 2. The first-order valence-electron chi connectivity index (χ1n) is 7.70. The zero-order valence-electron chi connectivity index (χ0n) is 13.0. The highest BCUT2D eigenvalue weighted by Gasteiger charge is 2.07. The van der Waals surface area contributed by atoms with Crippen molar-refractivity contribution in [1.82, 2.24) is 9.97 Å². The van der Waals surface area contributed by atoms with Crippen molar-refractivity contribution in [3.05, 3.63) is 94.0 Å². The van der Waals surface area contributed by atoms with Crippen molar-refractivity contribution in [3.63, 3.8) is 0 Å². The van der Waals surface area contributed by atoms with E-state index in [9.17, 15) is 9.59 Å². The van der Waals surface area contributed by atoms with Gasteiger partial charge in [0.1, 0.15) is 5.82 Å². The molecule has 0 aliphatic carbocycles. The lowest BCUT2D eigenvalue weighted by molar-refractivity contribution is 0.102. The van der Waals surface area contributed by atoms with Crippen molar-refractivity contribution >= 4 is 11.7 Å². The van der Waals surface area contributed by atoms with Gasteiger partial charge in [-0.2, -0.15) is 0 Å². The topological polar surface area (TPSA) is 74.8 Å². The molecule has 0 saturated heterocycles. The highest BCUT2D eigenvalue weighted by molar-refractivity contribution is 6.03. The van der Waals surface area contributed by atoms with E-state index < -0.39 is 0 Å². The SMILES string of the molecule is O=C(Nc1cc(CCc2ccccc2)ccn1)c1cc[nH]c(=O)c1. The molecule has 2 aromatic heterocycles. The minimum atomic E-state index is -0.353. The van der Waals surface area contributed by atoms with Gasteiger partial charge in [-0.25, -0.2) is 4.98 Å². The molecule has 0 bridgehead atoms. The summed E-state index contributed by atoms with van der Waals surface area (Å²) in [5.74, 6) is 0.125. The lowest BCUT2D eigenvalue weighted by Crippen LogP contribution is -2.16. The maximum Gasteiger partial charge on any atom is 0.257 e. The van der Waals surface area contributed by atoms with Crippen LogP contribution in [0.5, 0.6) is 0 Å². The molecule has 1 aromatic carbocycles. The number of aromatic nitrogens is 2. The molecule has 5 heteroatoms. The quantitative estimate of drug-likeness (QED) is 0.759. The molecule has 2 heterocycles. The minimum Gasteiger partial charge on any atom is -0.329 e. The van der Waals surface area contributed by atoms with Crippen molar-refractivity contribution in [3.8, 4) is 0 Å². The Morgan fingerprint density at radius 3 is 2.58 bits per heavy atom. The number of carbonyl (C=O) groups is 1. The second-order valence-electron chi connectivity index (χ2n) is 5.43. The Balaban J connectivity index is 1.66. The van der Waals surface area contributed by atoms with E-state index in [0.717, 1.165) is 18.4 Å².